The molecule has 0 fully saturated rings. The molecule has 0 aliphatic heterocycles. The van der Waals surface area contributed by atoms with Crippen LogP contribution in [0.3, 0.4) is 0 Å². The third kappa shape index (κ3) is 2.41. The maximum atomic E-state index is 10.7. The van der Waals surface area contributed by atoms with Gasteiger partial charge in [0.15, 0.2) is 0 Å². The van der Waals surface area contributed by atoms with Crippen LogP contribution in [0, 0.1) is 4.91 Å². The van der Waals surface area contributed by atoms with E-state index in [4.69, 9.17) is 0 Å². The van der Waals surface area contributed by atoms with Crippen molar-refractivity contribution in [3.05, 3.63) is 59.0 Å². The van der Waals surface area contributed by atoms with Crippen molar-refractivity contribution >= 4 is 5.69 Å². The minimum Gasteiger partial charge on any atom is -0.145 e. The van der Waals surface area contributed by atoms with Crippen LogP contribution in [0.4, 0.5) is 5.69 Å². The molecule has 17 heavy (non-hydrogen) atoms. The van der Waals surface area contributed by atoms with Gasteiger partial charge in [-0.25, -0.2) is 0 Å². The first-order valence-electron chi connectivity index (χ1n) is 5.75. The Morgan fingerprint density at radius 3 is 2.18 bits per heavy atom. The van der Waals surface area contributed by atoms with Gasteiger partial charge >= 0.3 is 0 Å². The quantitative estimate of drug-likeness (QED) is 0.685. The second-order valence-electron chi connectivity index (χ2n) is 4.39. The van der Waals surface area contributed by atoms with E-state index in [0.717, 1.165) is 11.1 Å². The van der Waals surface area contributed by atoms with E-state index in [2.05, 4.69) is 31.2 Å². The highest BCUT2D eigenvalue weighted by Gasteiger charge is 2.05. The summed E-state index contributed by atoms with van der Waals surface area (Å²) in [6.45, 7) is 4.33. The summed E-state index contributed by atoms with van der Waals surface area (Å²) < 4.78 is 0. The standard InChI is InChI=1S/C15H15NO/c1-11(2)12-7-9-13(10-8-12)14-5-3-4-6-15(14)16-17/h3-11H,1-2H3. The van der Waals surface area contributed by atoms with E-state index in [9.17, 15) is 4.91 Å². The molecule has 0 heterocycles. The number of nitrogens with zero attached hydrogens (tertiary/aromatic N) is 1. The predicted octanol–water partition coefficient (Wildman–Crippen LogP) is 4.87. The van der Waals surface area contributed by atoms with E-state index in [0.29, 0.717) is 11.6 Å². The molecule has 2 aromatic carbocycles. The van der Waals surface area contributed by atoms with Crippen LogP contribution >= 0.6 is 0 Å². The van der Waals surface area contributed by atoms with Gasteiger partial charge < -0.3 is 0 Å². The molecule has 2 nitrogen and oxygen atoms in total. The maximum absolute atomic E-state index is 10.7. The SMILES string of the molecule is CC(C)c1ccc(-c2ccccc2N=O)cc1. The molecule has 86 valence electrons. The van der Waals surface area contributed by atoms with Gasteiger partial charge in [-0.3, -0.25) is 0 Å². The second-order valence-corrected chi connectivity index (χ2v) is 4.39. The van der Waals surface area contributed by atoms with Gasteiger partial charge in [-0.1, -0.05) is 56.3 Å². The Morgan fingerprint density at radius 2 is 1.59 bits per heavy atom. The third-order valence-electron chi connectivity index (χ3n) is 2.89. The molecule has 0 aliphatic rings. The lowest BCUT2D eigenvalue weighted by Crippen LogP contribution is -1.86. The Bertz CT molecular complexity index is 515. The van der Waals surface area contributed by atoms with Crippen LogP contribution in [0.1, 0.15) is 25.3 Å². The lowest BCUT2D eigenvalue weighted by Gasteiger charge is -2.07. The molecule has 0 amide bonds. The zero-order valence-corrected chi connectivity index (χ0v) is 10.1. The molecule has 0 aromatic heterocycles. The van der Waals surface area contributed by atoms with Gasteiger partial charge in [0.25, 0.3) is 0 Å². The molecule has 0 saturated heterocycles. The van der Waals surface area contributed by atoms with Crippen molar-refractivity contribution in [1.29, 1.82) is 0 Å². The highest BCUT2D eigenvalue weighted by Crippen LogP contribution is 2.30. The largest absolute Gasteiger partial charge is 0.145 e. The lowest BCUT2D eigenvalue weighted by molar-refractivity contribution is 0.867. The zero-order valence-electron chi connectivity index (χ0n) is 10.1. The van der Waals surface area contributed by atoms with Crippen LogP contribution in [-0.4, -0.2) is 0 Å². The number of rotatable bonds is 3. The zero-order chi connectivity index (χ0) is 12.3. The van der Waals surface area contributed by atoms with Crippen molar-refractivity contribution < 1.29 is 0 Å². The van der Waals surface area contributed by atoms with Gasteiger partial charge in [-0.2, -0.15) is 0 Å². The molecule has 0 radical (unpaired) electrons. The summed E-state index contributed by atoms with van der Waals surface area (Å²) in [5, 5.41) is 3.05. The first-order chi connectivity index (χ1) is 8.22. The van der Waals surface area contributed by atoms with Crippen LogP contribution in [0.2, 0.25) is 0 Å². The average molecular weight is 225 g/mol. The van der Waals surface area contributed by atoms with Crippen LogP contribution in [0.5, 0.6) is 0 Å². The fourth-order valence-corrected chi connectivity index (χ4v) is 1.84. The van der Waals surface area contributed by atoms with Gasteiger partial charge in [-0.05, 0) is 28.3 Å². The minimum atomic E-state index is 0.491. The van der Waals surface area contributed by atoms with Crippen LogP contribution in [-0.2, 0) is 0 Å². The molecule has 2 rings (SSSR count). The van der Waals surface area contributed by atoms with E-state index in [-0.39, 0.29) is 0 Å². The number of hydrogen-bond donors (Lipinski definition) is 0. The first kappa shape index (κ1) is 11.5. The van der Waals surface area contributed by atoms with Gasteiger partial charge in [0, 0.05) is 5.56 Å². The van der Waals surface area contributed by atoms with Crippen molar-refractivity contribution in [3.8, 4) is 11.1 Å². The van der Waals surface area contributed by atoms with E-state index < -0.39 is 0 Å². The molecule has 0 N–H and O–H groups in total. The van der Waals surface area contributed by atoms with Crippen molar-refractivity contribution in [2.45, 2.75) is 19.8 Å². The number of hydrogen-bond acceptors (Lipinski definition) is 2. The molecular weight excluding hydrogens is 210 g/mol. The molecule has 0 unspecified atom stereocenters. The summed E-state index contributed by atoms with van der Waals surface area (Å²) in [7, 11) is 0. The summed E-state index contributed by atoms with van der Waals surface area (Å²) in [6.07, 6.45) is 0. The average Bonchev–Trinajstić information content (AvgIpc) is 2.39. The Hall–Kier alpha value is -1.96. The van der Waals surface area contributed by atoms with Gasteiger partial charge in [0.05, 0.1) is 0 Å². The van der Waals surface area contributed by atoms with Crippen LogP contribution in [0.25, 0.3) is 11.1 Å². The predicted molar refractivity (Wildman–Crippen MR) is 71.4 cm³/mol. The summed E-state index contributed by atoms with van der Waals surface area (Å²) in [5.74, 6) is 0.517. The maximum Gasteiger partial charge on any atom is 0.115 e. The van der Waals surface area contributed by atoms with E-state index in [1.807, 2.05) is 30.3 Å². The highest BCUT2D eigenvalue weighted by atomic mass is 16.3. The Balaban J connectivity index is 2.43. The van der Waals surface area contributed by atoms with Crippen LogP contribution in [0.15, 0.2) is 53.7 Å². The summed E-state index contributed by atoms with van der Waals surface area (Å²) in [4.78, 5) is 10.7. The van der Waals surface area contributed by atoms with Crippen molar-refractivity contribution in [2.24, 2.45) is 5.18 Å². The molecule has 0 saturated carbocycles. The summed E-state index contributed by atoms with van der Waals surface area (Å²) in [6, 6.07) is 15.7. The topological polar surface area (TPSA) is 29.4 Å². The number of nitroso groups, excluding NO2 is 1. The first-order valence-corrected chi connectivity index (χ1v) is 5.75. The van der Waals surface area contributed by atoms with Gasteiger partial charge in [0.1, 0.15) is 5.69 Å². The van der Waals surface area contributed by atoms with E-state index in [1.165, 1.54) is 5.56 Å². The summed E-state index contributed by atoms with van der Waals surface area (Å²) >= 11 is 0. The Morgan fingerprint density at radius 1 is 0.941 bits per heavy atom. The lowest BCUT2D eigenvalue weighted by atomic mass is 9.98. The third-order valence-corrected chi connectivity index (χ3v) is 2.89. The van der Waals surface area contributed by atoms with E-state index in [1.54, 1.807) is 6.07 Å². The highest BCUT2D eigenvalue weighted by molar-refractivity contribution is 5.75. The van der Waals surface area contributed by atoms with Crippen molar-refractivity contribution in [3.63, 3.8) is 0 Å². The second kappa shape index (κ2) is 4.91. The molecule has 0 spiro atoms. The minimum absolute atomic E-state index is 0.491. The molecular formula is C15H15NO. The smallest absolute Gasteiger partial charge is 0.115 e. The van der Waals surface area contributed by atoms with Gasteiger partial charge in [-0.15, -0.1) is 4.91 Å². The molecule has 0 aliphatic carbocycles. The fourth-order valence-electron chi connectivity index (χ4n) is 1.84. The van der Waals surface area contributed by atoms with E-state index >= 15 is 0 Å². The van der Waals surface area contributed by atoms with Crippen LogP contribution < -0.4 is 0 Å². The summed E-state index contributed by atoms with van der Waals surface area (Å²) in [5.41, 5.74) is 3.71. The monoisotopic (exact) mass is 225 g/mol. The fraction of sp³-hybridized carbons (Fsp3) is 0.200. The molecule has 2 aromatic rings. The molecule has 0 bridgehead atoms. The van der Waals surface area contributed by atoms with Crippen molar-refractivity contribution in [1.82, 2.24) is 0 Å². The normalized spacial score (nSPS) is 10.5. The Labute approximate surface area is 101 Å². The molecule has 2 heteroatoms. The Kier molecular flexibility index (Phi) is 3.33. The number of benzene rings is 2. The van der Waals surface area contributed by atoms with Crippen molar-refractivity contribution in [2.75, 3.05) is 0 Å². The molecule has 0 atom stereocenters. The van der Waals surface area contributed by atoms with Gasteiger partial charge in [0.2, 0.25) is 0 Å².